The second kappa shape index (κ2) is 7.03. The lowest BCUT2D eigenvalue weighted by molar-refractivity contribution is 0.0407. The highest BCUT2D eigenvalue weighted by Crippen LogP contribution is 2.40. The molecule has 2 aliphatic heterocycles. The van der Waals surface area contributed by atoms with E-state index >= 15 is 0 Å². The number of carbonyl (C=O) groups excluding carboxylic acids is 1. The minimum atomic E-state index is -0.462. The van der Waals surface area contributed by atoms with Gasteiger partial charge >= 0.3 is 0 Å². The number of piperidine rings is 1. The second-order valence-electron chi connectivity index (χ2n) is 7.92. The van der Waals surface area contributed by atoms with E-state index in [4.69, 9.17) is 0 Å². The van der Waals surface area contributed by atoms with Gasteiger partial charge in [0.2, 0.25) is 0 Å². The quantitative estimate of drug-likeness (QED) is 0.650. The van der Waals surface area contributed by atoms with Crippen molar-refractivity contribution in [2.75, 3.05) is 26.7 Å². The minimum Gasteiger partial charge on any atom is -0.338 e. The fourth-order valence-corrected chi connectivity index (χ4v) is 5.36. The first-order chi connectivity index (χ1) is 14.1. The van der Waals surface area contributed by atoms with Gasteiger partial charge in [0.25, 0.3) is 5.91 Å². The van der Waals surface area contributed by atoms with E-state index in [9.17, 15) is 9.18 Å². The van der Waals surface area contributed by atoms with Gasteiger partial charge in [-0.1, -0.05) is 18.2 Å². The maximum atomic E-state index is 14.1. The van der Waals surface area contributed by atoms with E-state index in [1.54, 1.807) is 34.4 Å². The molecule has 1 fully saturated rings. The third-order valence-electron chi connectivity index (χ3n) is 6.01. The number of nitrogens with zero attached hydrogens (tertiary/aromatic N) is 5. The number of carbonyl (C=O) groups is 1. The Balaban J connectivity index is 1.45. The first-order valence-electron chi connectivity index (χ1n) is 9.78. The van der Waals surface area contributed by atoms with Crippen LogP contribution in [0, 0.1) is 5.82 Å². The van der Waals surface area contributed by atoms with E-state index in [1.807, 2.05) is 11.4 Å². The van der Waals surface area contributed by atoms with Crippen molar-refractivity contribution in [2.24, 2.45) is 0 Å². The van der Waals surface area contributed by atoms with Crippen LogP contribution >= 0.6 is 11.3 Å². The predicted octanol–water partition coefficient (Wildman–Crippen LogP) is 3.22. The maximum absolute atomic E-state index is 14.1. The molecule has 2 aromatic heterocycles. The average molecular weight is 412 g/mol. The SMILES string of the molecule is CN1Cc2nnc(-c3cccs3)n2C2(CCN(C(=O)c3ccccc3F)CC2)C1. The lowest BCUT2D eigenvalue weighted by Gasteiger charge is -2.48. The Hall–Kier alpha value is -2.58. The van der Waals surface area contributed by atoms with Crippen molar-refractivity contribution >= 4 is 17.2 Å². The molecule has 3 aromatic rings. The molecule has 1 amide bonds. The number of benzene rings is 1. The molecule has 1 saturated heterocycles. The van der Waals surface area contributed by atoms with Gasteiger partial charge in [0.15, 0.2) is 5.82 Å². The van der Waals surface area contributed by atoms with E-state index < -0.39 is 5.82 Å². The van der Waals surface area contributed by atoms with Gasteiger partial charge in [-0.15, -0.1) is 21.5 Å². The Morgan fingerprint density at radius 1 is 1.14 bits per heavy atom. The van der Waals surface area contributed by atoms with Crippen LogP contribution in [0.1, 0.15) is 29.0 Å². The van der Waals surface area contributed by atoms with Crippen molar-refractivity contribution < 1.29 is 9.18 Å². The summed E-state index contributed by atoms with van der Waals surface area (Å²) in [6.45, 7) is 2.82. The number of halogens is 1. The molecule has 0 saturated carbocycles. The summed E-state index contributed by atoms with van der Waals surface area (Å²) in [5.41, 5.74) is -0.00885. The van der Waals surface area contributed by atoms with Gasteiger partial charge < -0.3 is 9.47 Å². The molecule has 150 valence electrons. The molecule has 1 spiro atoms. The van der Waals surface area contributed by atoms with Gasteiger partial charge in [0.1, 0.15) is 11.6 Å². The van der Waals surface area contributed by atoms with Crippen molar-refractivity contribution in [3.8, 4) is 10.7 Å². The molecular weight excluding hydrogens is 389 g/mol. The van der Waals surface area contributed by atoms with Gasteiger partial charge in [0.05, 0.1) is 22.5 Å². The van der Waals surface area contributed by atoms with Crippen LogP contribution in [-0.2, 0) is 12.1 Å². The van der Waals surface area contributed by atoms with Crippen LogP contribution in [-0.4, -0.2) is 57.2 Å². The van der Waals surface area contributed by atoms with Crippen LogP contribution in [0.2, 0.25) is 0 Å². The van der Waals surface area contributed by atoms with E-state index in [1.165, 1.54) is 6.07 Å². The number of hydrogen-bond acceptors (Lipinski definition) is 5. The molecule has 0 aliphatic carbocycles. The molecule has 0 radical (unpaired) electrons. The monoisotopic (exact) mass is 411 g/mol. The fraction of sp³-hybridized carbons (Fsp3) is 0.381. The van der Waals surface area contributed by atoms with Crippen molar-refractivity contribution in [2.45, 2.75) is 24.9 Å². The Bertz CT molecular complexity index is 1040. The second-order valence-corrected chi connectivity index (χ2v) is 8.87. The lowest BCUT2D eigenvalue weighted by atomic mass is 9.84. The van der Waals surface area contributed by atoms with Gasteiger partial charge in [-0.3, -0.25) is 9.69 Å². The third-order valence-corrected chi connectivity index (χ3v) is 6.87. The summed E-state index contributed by atoms with van der Waals surface area (Å²) in [6, 6.07) is 10.3. The Kier molecular flexibility index (Phi) is 4.48. The zero-order valence-electron chi connectivity index (χ0n) is 16.2. The largest absolute Gasteiger partial charge is 0.338 e. The summed E-state index contributed by atoms with van der Waals surface area (Å²) in [6.07, 6.45) is 1.59. The maximum Gasteiger partial charge on any atom is 0.256 e. The molecule has 8 heteroatoms. The highest BCUT2D eigenvalue weighted by Gasteiger charge is 2.44. The Morgan fingerprint density at radius 2 is 1.93 bits per heavy atom. The summed E-state index contributed by atoms with van der Waals surface area (Å²) < 4.78 is 16.4. The summed E-state index contributed by atoms with van der Waals surface area (Å²) in [7, 11) is 2.10. The first kappa shape index (κ1) is 18.4. The van der Waals surface area contributed by atoms with E-state index in [2.05, 4.69) is 32.8 Å². The lowest BCUT2D eigenvalue weighted by Crippen LogP contribution is -2.56. The van der Waals surface area contributed by atoms with Crippen molar-refractivity contribution in [1.82, 2.24) is 24.6 Å². The smallest absolute Gasteiger partial charge is 0.256 e. The predicted molar refractivity (Wildman–Crippen MR) is 109 cm³/mol. The van der Waals surface area contributed by atoms with Crippen LogP contribution in [0.25, 0.3) is 10.7 Å². The molecule has 0 atom stereocenters. The zero-order chi connectivity index (χ0) is 20.0. The van der Waals surface area contributed by atoms with Gasteiger partial charge in [0, 0.05) is 19.6 Å². The fourth-order valence-electron chi connectivity index (χ4n) is 4.67. The molecule has 6 nitrogen and oxygen atoms in total. The molecule has 5 rings (SSSR count). The van der Waals surface area contributed by atoms with Gasteiger partial charge in [-0.2, -0.15) is 0 Å². The molecule has 4 heterocycles. The topological polar surface area (TPSA) is 54.3 Å². The van der Waals surface area contributed by atoms with Crippen LogP contribution < -0.4 is 0 Å². The van der Waals surface area contributed by atoms with Crippen LogP contribution in [0.3, 0.4) is 0 Å². The summed E-state index contributed by atoms with van der Waals surface area (Å²) in [5, 5.41) is 11.0. The number of hydrogen-bond donors (Lipinski definition) is 0. The Morgan fingerprint density at radius 3 is 2.66 bits per heavy atom. The third kappa shape index (κ3) is 3.07. The number of amides is 1. The van der Waals surface area contributed by atoms with Gasteiger partial charge in [-0.25, -0.2) is 4.39 Å². The number of likely N-dealkylation sites (tertiary alicyclic amines) is 1. The standard InChI is InChI=1S/C21H22FN5OS/c1-25-13-18-23-24-19(17-7-4-12-29-17)27(18)21(14-25)8-10-26(11-9-21)20(28)15-5-2-3-6-16(15)22/h2-7,12H,8-11,13-14H2,1H3. The number of thiophene rings is 1. The molecule has 29 heavy (non-hydrogen) atoms. The minimum absolute atomic E-state index is 0.147. The normalized spacial score (nSPS) is 18.8. The van der Waals surface area contributed by atoms with E-state index in [-0.39, 0.29) is 17.0 Å². The Labute approximate surface area is 172 Å². The van der Waals surface area contributed by atoms with Crippen molar-refractivity contribution in [3.63, 3.8) is 0 Å². The summed E-state index contributed by atoms with van der Waals surface area (Å²) >= 11 is 1.66. The molecule has 1 aromatic carbocycles. The summed E-state index contributed by atoms with van der Waals surface area (Å²) in [4.78, 5) is 18.0. The van der Waals surface area contributed by atoms with Crippen molar-refractivity contribution in [3.05, 3.63) is 59.0 Å². The van der Waals surface area contributed by atoms with Crippen LogP contribution in [0.5, 0.6) is 0 Å². The van der Waals surface area contributed by atoms with E-state index in [0.29, 0.717) is 13.1 Å². The van der Waals surface area contributed by atoms with Gasteiger partial charge in [-0.05, 0) is 43.5 Å². The number of likely N-dealkylation sites (N-methyl/N-ethyl adjacent to an activating group) is 1. The number of aromatic nitrogens is 3. The molecule has 0 N–H and O–H groups in total. The first-order valence-corrected chi connectivity index (χ1v) is 10.7. The van der Waals surface area contributed by atoms with Crippen LogP contribution in [0.15, 0.2) is 41.8 Å². The number of fused-ring (bicyclic) bond motifs is 2. The molecule has 0 unspecified atom stereocenters. The molecular formula is C21H22FN5OS. The molecule has 0 bridgehead atoms. The number of rotatable bonds is 2. The average Bonchev–Trinajstić information content (AvgIpc) is 3.38. The van der Waals surface area contributed by atoms with Crippen LogP contribution in [0.4, 0.5) is 4.39 Å². The summed E-state index contributed by atoms with van der Waals surface area (Å²) in [5.74, 6) is 1.19. The molecule has 2 aliphatic rings. The van der Waals surface area contributed by atoms with E-state index in [0.717, 1.165) is 42.5 Å². The van der Waals surface area contributed by atoms with Crippen molar-refractivity contribution in [1.29, 1.82) is 0 Å². The zero-order valence-corrected chi connectivity index (χ0v) is 17.0. The highest BCUT2D eigenvalue weighted by molar-refractivity contribution is 7.13. The highest BCUT2D eigenvalue weighted by atomic mass is 32.1.